The van der Waals surface area contributed by atoms with Crippen molar-refractivity contribution in [2.24, 2.45) is 5.92 Å². The number of aliphatic hydroxyl groups excluding tert-OH is 1. The summed E-state index contributed by atoms with van der Waals surface area (Å²) in [4.78, 5) is 2.44. The van der Waals surface area contributed by atoms with Gasteiger partial charge < -0.3 is 10.0 Å². The molecule has 1 atom stereocenters. The summed E-state index contributed by atoms with van der Waals surface area (Å²) in [6.45, 7) is 10.1. The van der Waals surface area contributed by atoms with Gasteiger partial charge in [-0.1, -0.05) is 6.07 Å². The molecule has 0 radical (unpaired) electrons. The van der Waals surface area contributed by atoms with Crippen LogP contribution in [0.15, 0.2) is 18.2 Å². The van der Waals surface area contributed by atoms with E-state index < -0.39 is 0 Å². The van der Waals surface area contributed by atoms with E-state index in [2.05, 4.69) is 50.8 Å². The summed E-state index contributed by atoms with van der Waals surface area (Å²) in [7, 11) is 0. The van der Waals surface area contributed by atoms with Crippen molar-refractivity contribution in [1.82, 2.24) is 0 Å². The maximum atomic E-state index is 9.45. The molecule has 1 heterocycles. The van der Waals surface area contributed by atoms with E-state index >= 15 is 0 Å². The third kappa shape index (κ3) is 2.19. The molecule has 0 aliphatic carbocycles. The van der Waals surface area contributed by atoms with Crippen molar-refractivity contribution >= 4 is 5.69 Å². The van der Waals surface area contributed by atoms with Crippen molar-refractivity contribution in [2.45, 2.75) is 39.7 Å². The van der Waals surface area contributed by atoms with Gasteiger partial charge in [-0.25, -0.2) is 0 Å². The second kappa shape index (κ2) is 4.34. The molecule has 94 valence electrons. The molecule has 0 amide bonds. The highest BCUT2D eigenvalue weighted by Crippen LogP contribution is 2.38. The van der Waals surface area contributed by atoms with E-state index in [0.717, 1.165) is 13.0 Å². The molecule has 1 aliphatic rings. The Morgan fingerprint density at radius 3 is 2.29 bits per heavy atom. The Hall–Kier alpha value is -1.02. The zero-order valence-electron chi connectivity index (χ0n) is 11.3. The number of aryl methyl sites for hydroxylation is 2. The van der Waals surface area contributed by atoms with Crippen LogP contribution in [0.1, 0.15) is 31.4 Å². The predicted octanol–water partition coefficient (Wildman–Crippen LogP) is 2.90. The Morgan fingerprint density at radius 1 is 1.24 bits per heavy atom. The first-order valence-corrected chi connectivity index (χ1v) is 6.42. The van der Waals surface area contributed by atoms with E-state index in [0.29, 0.717) is 5.92 Å². The summed E-state index contributed by atoms with van der Waals surface area (Å²) in [5, 5.41) is 9.45. The average molecular weight is 233 g/mol. The van der Waals surface area contributed by atoms with Gasteiger partial charge in [0.25, 0.3) is 0 Å². The van der Waals surface area contributed by atoms with Crippen LogP contribution in [-0.2, 0) is 0 Å². The van der Waals surface area contributed by atoms with Crippen LogP contribution in [0.25, 0.3) is 0 Å². The molecular formula is C15H23NO. The molecule has 1 aliphatic heterocycles. The first kappa shape index (κ1) is 12.4. The molecule has 1 N–H and O–H groups in total. The summed E-state index contributed by atoms with van der Waals surface area (Å²) in [6, 6.07) is 6.69. The van der Waals surface area contributed by atoms with Crippen molar-refractivity contribution in [2.75, 3.05) is 18.1 Å². The summed E-state index contributed by atoms with van der Waals surface area (Å²) in [5.74, 6) is 0.378. The first-order chi connectivity index (χ1) is 7.95. The molecule has 1 saturated heterocycles. The fraction of sp³-hybridized carbons (Fsp3) is 0.600. The molecule has 17 heavy (non-hydrogen) atoms. The Bertz CT molecular complexity index is 391. The largest absolute Gasteiger partial charge is 0.396 e. The Morgan fingerprint density at radius 2 is 1.82 bits per heavy atom. The number of aliphatic hydroxyl groups is 1. The topological polar surface area (TPSA) is 23.5 Å². The summed E-state index contributed by atoms with van der Waals surface area (Å²) >= 11 is 0. The van der Waals surface area contributed by atoms with Gasteiger partial charge >= 0.3 is 0 Å². The second-order valence-electron chi connectivity index (χ2n) is 5.82. The van der Waals surface area contributed by atoms with Crippen LogP contribution in [0.4, 0.5) is 5.69 Å². The highest BCUT2D eigenvalue weighted by atomic mass is 16.3. The predicted molar refractivity (Wildman–Crippen MR) is 72.5 cm³/mol. The maximum Gasteiger partial charge on any atom is 0.0482 e. The molecule has 1 fully saturated rings. The Kier molecular flexibility index (Phi) is 3.17. The molecule has 2 heteroatoms. The lowest BCUT2D eigenvalue weighted by Crippen LogP contribution is -2.43. The van der Waals surface area contributed by atoms with Crippen molar-refractivity contribution in [1.29, 1.82) is 0 Å². The van der Waals surface area contributed by atoms with Gasteiger partial charge in [-0.05, 0) is 57.4 Å². The molecule has 2 rings (SSSR count). The standard InChI is InChI=1S/C15H23NO/c1-11-7-12(2)9-14(8-11)16-6-5-13(10-17)15(16,3)4/h7-9,13,17H,5-6,10H2,1-4H3. The van der Waals surface area contributed by atoms with Crippen molar-refractivity contribution in [3.05, 3.63) is 29.3 Å². The molecule has 0 bridgehead atoms. The SMILES string of the molecule is Cc1cc(C)cc(N2CCC(CO)C2(C)C)c1. The molecule has 1 aromatic rings. The lowest BCUT2D eigenvalue weighted by atomic mass is 9.89. The normalized spacial score (nSPS) is 23.1. The fourth-order valence-electron chi connectivity index (χ4n) is 3.03. The maximum absolute atomic E-state index is 9.45. The van der Waals surface area contributed by atoms with Crippen LogP contribution in [-0.4, -0.2) is 23.8 Å². The Labute approximate surface area is 104 Å². The molecule has 0 spiro atoms. The highest BCUT2D eigenvalue weighted by Gasteiger charge is 2.40. The zero-order chi connectivity index (χ0) is 12.6. The Balaban J connectivity index is 2.34. The molecule has 0 aromatic heterocycles. The number of rotatable bonds is 2. The summed E-state index contributed by atoms with van der Waals surface area (Å²) < 4.78 is 0. The first-order valence-electron chi connectivity index (χ1n) is 6.42. The van der Waals surface area contributed by atoms with E-state index in [1.165, 1.54) is 16.8 Å². The van der Waals surface area contributed by atoms with E-state index in [1.807, 2.05) is 0 Å². The lowest BCUT2D eigenvalue weighted by molar-refractivity contribution is 0.189. The number of nitrogens with zero attached hydrogens (tertiary/aromatic N) is 1. The highest BCUT2D eigenvalue weighted by molar-refractivity contribution is 5.54. The molecule has 2 nitrogen and oxygen atoms in total. The fourth-order valence-corrected chi connectivity index (χ4v) is 3.03. The number of hydrogen-bond acceptors (Lipinski definition) is 2. The zero-order valence-corrected chi connectivity index (χ0v) is 11.3. The van der Waals surface area contributed by atoms with Gasteiger partial charge in [-0.3, -0.25) is 0 Å². The summed E-state index contributed by atoms with van der Waals surface area (Å²) in [5.41, 5.74) is 3.96. The van der Waals surface area contributed by atoms with Crippen molar-refractivity contribution in [3.8, 4) is 0 Å². The van der Waals surface area contributed by atoms with Gasteiger partial charge in [0.05, 0.1) is 0 Å². The number of hydrogen-bond donors (Lipinski definition) is 1. The van der Waals surface area contributed by atoms with Crippen LogP contribution >= 0.6 is 0 Å². The van der Waals surface area contributed by atoms with Gasteiger partial charge in [0.2, 0.25) is 0 Å². The minimum atomic E-state index is 0.0506. The second-order valence-corrected chi connectivity index (χ2v) is 5.82. The van der Waals surface area contributed by atoms with Crippen LogP contribution in [0.2, 0.25) is 0 Å². The van der Waals surface area contributed by atoms with Gasteiger partial charge in [0, 0.05) is 30.3 Å². The van der Waals surface area contributed by atoms with E-state index in [9.17, 15) is 5.11 Å². The minimum absolute atomic E-state index is 0.0506. The van der Waals surface area contributed by atoms with Crippen molar-refractivity contribution < 1.29 is 5.11 Å². The quantitative estimate of drug-likeness (QED) is 0.849. The third-order valence-electron chi connectivity index (χ3n) is 4.13. The monoisotopic (exact) mass is 233 g/mol. The van der Waals surface area contributed by atoms with Gasteiger partial charge in [0.1, 0.15) is 0 Å². The van der Waals surface area contributed by atoms with E-state index in [1.54, 1.807) is 0 Å². The van der Waals surface area contributed by atoms with Gasteiger partial charge in [-0.2, -0.15) is 0 Å². The van der Waals surface area contributed by atoms with E-state index in [4.69, 9.17) is 0 Å². The lowest BCUT2D eigenvalue weighted by Gasteiger charge is -2.37. The van der Waals surface area contributed by atoms with Crippen LogP contribution in [0.3, 0.4) is 0 Å². The molecule has 0 saturated carbocycles. The minimum Gasteiger partial charge on any atom is -0.396 e. The van der Waals surface area contributed by atoms with Gasteiger partial charge in [-0.15, -0.1) is 0 Å². The average Bonchev–Trinajstić information content (AvgIpc) is 2.51. The van der Waals surface area contributed by atoms with Crippen LogP contribution in [0.5, 0.6) is 0 Å². The number of benzene rings is 1. The van der Waals surface area contributed by atoms with Crippen LogP contribution < -0.4 is 4.90 Å². The molecular weight excluding hydrogens is 210 g/mol. The van der Waals surface area contributed by atoms with Crippen LogP contribution in [0, 0.1) is 19.8 Å². The smallest absolute Gasteiger partial charge is 0.0482 e. The third-order valence-corrected chi connectivity index (χ3v) is 4.13. The molecule has 1 aromatic carbocycles. The molecule has 1 unspecified atom stereocenters. The summed E-state index contributed by atoms with van der Waals surface area (Å²) in [6.07, 6.45) is 1.08. The number of anilines is 1. The van der Waals surface area contributed by atoms with E-state index in [-0.39, 0.29) is 12.1 Å². The van der Waals surface area contributed by atoms with Gasteiger partial charge in [0.15, 0.2) is 0 Å². The van der Waals surface area contributed by atoms with Crippen molar-refractivity contribution in [3.63, 3.8) is 0 Å².